The lowest BCUT2D eigenvalue weighted by Gasteiger charge is -2.18. The summed E-state index contributed by atoms with van der Waals surface area (Å²) in [6.07, 6.45) is 2.56. The van der Waals surface area contributed by atoms with Crippen LogP contribution in [0.15, 0.2) is 36.5 Å². The first-order valence-electron chi connectivity index (χ1n) is 6.05. The molecule has 0 aliphatic carbocycles. The van der Waals surface area contributed by atoms with Crippen molar-refractivity contribution in [1.82, 2.24) is 20.3 Å². The number of hydrogen-bond acceptors (Lipinski definition) is 4. The number of carbonyl (C=O) groups is 2. The molecule has 1 fully saturated rings. The second-order valence-corrected chi connectivity index (χ2v) is 4.43. The monoisotopic (exact) mass is 256 g/mol. The summed E-state index contributed by atoms with van der Waals surface area (Å²) in [5, 5.41) is 10.4. The zero-order valence-electron chi connectivity index (χ0n) is 10.1. The number of nitrogens with zero attached hydrogens (tertiary/aromatic N) is 3. The van der Waals surface area contributed by atoms with Gasteiger partial charge in [0.25, 0.3) is 0 Å². The van der Waals surface area contributed by atoms with Crippen LogP contribution in [0.1, 0.15) is 24.5 Å². The third kappa shape index (κ3) is 2.24. The molecular weight excluding hydrogens is 244 g/mol. The van der Waals surface area contributed by atoms with Gasteiger partial charge in [-0.1, -0.05) is 23.4 Å². The number of piperidine rings is 1. The zero-order chi connectivity index (χ0) is 13.2. The molecule has 6 nitrogen and oxygen atoms in total. The Bertz CT molecular complexity index is 621. The second kappa shape index (κ2) is 4.64. The highest BCUT2D eigenvalue weighted by Gasteiger charge is 2.30. The van der Waals surface area contributed by atoms with Crippen molar-refractivity contribution < 1.29 is 9.59 Å². The van der Waals surface area contributed by atoms with E-state index in [-0.39, 0.29) is 11.8 Å². The highest BCUT2D eigenvalue weighted by Crippen LogP contribution is 2.23. The van der Waals surface area contributed by atoms with E-state index in [9.17, 15) is 9.59 Å². The Balaban J connectivity index is 1.86. The van der Waals surface area contributed by atoms with E-state index in [0.29, 0.717) is 18.5 Å². The Morgan fingerprint density at radius 3 is 2.74 bits per heavy atom. The summed E-state index contributed by atoms with van der Waals surface area (Å²) >= 11 is 0. The van der Waals surface area contributed by atoms with Crippen LogP contribution in [-0.2, 0) is 9.59 Å². The Kier molecular flexibility index (Phi) is 2.83. The average Bonchev–Trinajstić information content (AvgIpc) is 2.89. The largest absolute Gasteiger partial charge is 0.296 e. The number of carbonyl (C=O) groups excluding carboxylic acids is 2. The number of nitrogens with one attached hydrogen (secondary N) is 1. The summed E-state index contributed by atoms with van der Waals surface area (Å²) in [6.45, 7) is 0. The van der Waals surface area contributed by atoms with Gasteiger partial charge in [0.05, 0.1) is 23.5 Å². The maximum Gasteiger partial charge on any atom is 0.235 e. The van der Waals surface area contributed by atoms with E-state index in [1.807, 2.05) is 30.3 Å². The molecule has 1 unspecified atom stereocenters. The number of para-hydroxylation sites is 1. The van der Waals surface area contributed by atoms with Crippen LogP contribution in [0.2, 0.25) is 0 Å². The summed E-state index contributed by atoms with van der Waals surface area (Å²) in [5.41, 5.74) is 1.47. The number of benzene rings is 1. The Hall–Kier alpha value is -2.50. The van der Waals surface area contributed by atoms with Crippen LogP contribution in [0.4, 0.5) is 0 Å². The van der Waals surface area contributed by atoms with E-state index >= 15 is 0 Å². The molecule has 1 atom stereocenters. The van der Waals surface area contributed by atoms with Gasteiger partial charge in [0.1, 0.15) is 0 Å². The molecule has 1 saturated heterocycles. The molecule has 2 heterocycles. The van der Waals surface area contributed by atoms with Gasteiger partial charge in [-0.25, -0.2) is 4.68 Å². The van der Waals surface area contributed by atoms with Crippen molar-refractivity contribution in [1.29, 1.82) is 0 Å². The first-order chi connectivity index (χ1) is 9.24. The number of amides is 2. The molecule has 1 N–H and O–H groups in total. The predicted octanol–water partition coefficient (Wildman–Crippen LogP) is 0.787. The van der Waals surface area contributed by atoms with E-state index in [1.165, 1.54) is 0 Å². The third-order valence-electron chi connectivity index (χ3n) is 3.13. The molecule has 1 aromatic carbocycles. The smallest absolute Gasteiger partial charge is 0.235 e. The minimum atomic E-state index is -0.393. The lowest BCUT2D eigenvalue weighted by Crippen LogP contribution is -2.39. The minimum absolute atomic E-state index is 0.225. The maximum atomic E-state index is 11.7. The summed E-state index contributed by atoms with van der Waals surface area (Å²) < 4.78 is 1.62. The Morgan fingerprint density at radius 2 is 2.00 bits per heavy atom. The molecule has 2 amide bonds. The number of imide groups is 1. The zero-order valence-corrected chi connectivity index (χ0v) is 10.1. The summed E-state index contributed by atoms with van der Waals surface area (Å²) in [4.78, 5) is 22.8. The second-order valence-electron chi connectivity index (χ2n) is 4.43. The normalized spacial score (nSPS) is 19.3. The SMILES string of the molecule is O=C1CCC(c2cn(-c3ccccc3)nn2)C(=O)N1. The van der Waals surface area contributed by atoms with Gasteiger partial charge in [0.15, 0.2) is 0 Å². The standard InChI is InChI=1S/C13H12N4O2/c18-12-7-6-10(13(19)14-12)11-8-17(16-15-11)9-4-2-1-3-5-9/h1-5,8,10H,6-7H2,(H,14,18,19). The van der Waals surface area contributed by atoms with Crippen molar-refractivity contribution in [2.45, 2.75) is 18.8 Å². The topological polar surface area (TPSA) is 76.9 Å². The van der Waals surface area contributed by atoms with Gasteiger partial charge < -0.3 is 0 Å². The molecule has 96 valence electrons. The Morgan fingerprint density at radius 1 is 1.21 bits per heavy atom. The van der Waals surface area contributed by atoms with Gasteiger partial charge in [0, 0.05) is 6.42 Å². The highest BCUT2D eigenvalue weighted by atomic mass is 16.2. The van der Waals surface area contributed by atoms with Crippen LogP contribution < -0.4 is 5.32 Å². The van der Waals surface area contributed by atoms with Crippen LogP contribution in [0.25, 0.3) is 5.69 Å². The first kappa shape index (κ1) is 11.6. The van der Waals surface area contributed by atoms with E-state index < -0.39 is 5.92 Å². The van der Waals surface area contributed by atoms with Crippen molar-refractivity contribution in [2.75, 3.05) is 0 Å². The van der Waals surface area contributed by atoms with Crippen molar-refractivity contribution in [3.05, 3.63) is 42.2 Å². The van der Waals surface area contributed by atoms with Crippen LogP contribution >= 0.6 is 0 Å². The Labute approximate surface area is 109 Å². The van der Waals surface area contributed by atoms with E-state index in [0.717, 1.165) is 5.69 Å². The number of rotatable bonds is 2. The van der Waals surface area contributed by atoms with Gasteiger partial charge in [0.2, 0.25) is 11.8 Å². The lowest BCUT2D eigenvalue weighted by molar-refractivity contribution is -0.134. The summed E-state index contributed by atoms with van der Waals surface area (Å²) in [7, 11) is 0. The van der Waals surface area contributed by atoms with Gasteiger partial charge in [-0.2, -0.15) is 0 Å². The quantitative estimate of drug-likeness (QED) is 0.806. The molecule has 0 radical (unpaired) electrons. The van der Waals surface area contributed by atoms with Crippen LogP contribution in [-0.4, -0.2) is 26.8 Å². The van der Waals surface area contributed by atoms with E-state index in [2.05, 4.69) is 15.6 Å². The average molecular weight is 256 g/mol. The minimum Gasteiger partial charge on any atom is -0.296 e. The van der Waals surface area contributed by atoms with Crippen molar-refractivity contribution in [3.63, 3.8) is 0 Å². The van der Waals surface area contributed by atoms with Crippen molar-refractivity contribution >= 4 is 11.8 Å². The van der Waals surface area contributed by atoms with Gasteiger partial charge >= 0.3 is 0 Å². The molecular formula is C13H12N4O2. The fourth-order valence-electron chi connectivity index (χ4n) is 2.12. The van der Waals surface area contributed by atoms with Crippen LogP contribution in [0.3, 0.4) is 0 Å². The molecule has 3 rings (SSSR count). The molecule has 0 saturated carbocycles. The molecule has 0 bridgehead atoms. The van der Waals surface area contributed by atoms with Gasteiger partial charge in [-0.05, 0) is 18.6 Å². The molecule has 1 aromatic heterocycles. The fraction of sp³-hybridized carbons (Fsp3) is 0.231. The first-order valence-corrected chi connectivity index (χ1v) is 6.05. The number of hydrogen-bond donors (Lipinski definition) is 1. The molecule has 1 aliphatic rings. The summed E-state index contributed by atoms with van der Waals surface area (Å²) in [6, 6.07) is 9.54. The molecule has 0 spiro atoms. The molecule has 6 heteroatoms. The van der Waals surface area contributed by atoms with Crippen LogP contribution in [0, 0.1) is 0 Å². The fourth-order valence-corrected chi connectivity index (χ4v) is 2.12. The van der Waals surface area contributed by atoms with E-state index in [4.69, 9.17) is 0 Å². The van der Waals surface area contributed by atoms with E-state index in [1.54, 1.807) is 10.9 Å². The lowest BCUT2D eigenvalue weighted by atomic mass is 9.95. The molecule has 2 aromatic rings. The van der Waals surface area contributed by atoms with Crippen molar-refractivity contribution in [2.24, 2.45) is 0 Å². The molecule has 19 heavy (non-hydrogen) atoms. The van der Waals surface area contributed by atoms with Gasteiger partial charge in [-0.15, -0.1) is 5.10 Å². The molecule has 1 aliphatic heterocycles. The summed E-state index contributed by atoms with van der Waals surface area (Å²) in [5.74, 6) is -0.914. The predicted molar refractivity (Wildman–Crippen MR) is 66.5 cm³/mol. The number of aromatic nitrogens is 3. The van der Waals surface area contributed by atoms with Crippen LogP contribution in [0.5, 0.6) is 0 Å². The maximum absolute atomic E-state index is 11.7. The van der Waals surface area contributed by atoms with Gasteiger partial charge in [-0.3, -0.25) is 14.9 Å². The highest BCUT2D eigenvalue weighted by molar-refractivity contribution is 6.00. The third-order valence-corrected chi connectivity index (χ3v) is 3.13. The van der Waals surface area contributed by atoms with Crippen molar-refractivity contribution in [3.8, 4) is 5.69 Å².